The summed E-state index contributed by atoms with van der Waals surface area (Å²) in [4.78, 5) is 10.2. The van der Waals surface area contributed by atoms with Crippen LogP contribution in [-0.4, -0.2) is 11.5 Å². The van der Waals surface area contributed by atoms with Gasteiger partial charge in [0.2, 0.25) is 0 Å². The van der Waals surface area contributed by atoms with Crippen molar-refractivity contribution in [2.45, 2.75) is 51.9 Å². The number of benzene rings is 6. The minimum absolute atomic E-state index is 0.216. The molecule has 274 valence electrons. The van der Waals surface area contributed by atoms with Gasteiger partial charge in [-0.3, -0.25) is 0 Å². The molecule has 0 N–H and O–H groups in total. The Morgan fingerprint density at radius 2 is 1.16 bits per heavy atom. The molecule has 6 aromatic rings. The molecule has 0 saturated heterocycles. The lowest BCUT2D eigenvalue weighted by Crippen LogP contribution is -2.19. The van der Waals surface area contributed by atoms with Crippen LogP contribution < -0.4 is 0 Å². The molecule has 0 aromatic heterocycles. The normalized spacial score (nSPS) is 14.3. The lowest BCUT2D eigenvalue weighted by Gasteiger charge is -2.26. The van der Waals surface area contributed by atoms with E-state index in [9.17, 15) is 0 Å². The first-order chi connectivity index (χ1) is 27.3. The lowest BCUT2D eigenvalue weighted by atomic mass is 9.77. The fourth-order valence-corrected chi connectivity index (χ4v) is 7.81. The SMILES string of the molecule is C=C(N=C(N=C(C)C1=CCCC=C1)c1ccc(C(C)(C)c2ccc(-c3cccc(-c4cccc5c4C=CCC5)c3)cc2)cc1)c1ccc(-c2ccccc2)cc1. The standard InChI is InChI=1S/C54H48N2/c1-38(40-15-7-5-8-16-40)55-53(56-39(2)41-25-27-43(28-26-41)42-17-9-6-10-18-42)46-31-35-50(36-32-46)54(3,4)49-33-29-44(30-34-49)47-21-13-22-48(37-47)52-24-14-20-45-19-11-12-23-51(45)52/h6-7,9-10,12-18,20-37H,2,5,8,11,19H2,1,3-4H3. The number of amidine groups is 1. The van der Waals surface area contributed by atoms with Crippen LogP contribution in [0, 0.1) is 0 Å². The summed E-state index contributed by atoms with van der Waals surface area (Å²) in [6.45, 7) is 11.0. The van der Waals surface area contributed by atoms with Crippen LogP contribution in [0.3, 0.4) is 0 Å². The topological polar surface area (TPSA) is 24.7 Å². The first kappa shape index (κ1) is 36.6. The number of hydrogen-bond donors (Lipinski definition) is 0. The van der Waals surface area contributed by atoms with E-state index in [4.69, 9.17) is 9.98 Å². The number of hydrogen-bond acceptors (Lipinski definition) is 1. The molecule has 0 radical (unpaired) electrons. The Labute approximate surface area is 332 Å². The van der Waals surface area contributed by atoms with Crippen molar-refractivity contribution in [2.75, 3.05) is 0 Å². The number of fused-ring (bicyclic) bond motifs is 1. The monoisotopic (exact) mass is 724 g/mol. The number of aliphatic imine (C=N–C) groups is 2. The zero-order valence-corrected chi connectivity index (χ0v) is 32.7. The van der Waals surface area contributed by atoms with Gasteiger partial charge in [0.25, 0.3) is 0 Å². The summed E-state index contributed by atoms with van der Waals surface area (Å²) in [6.07, 6.45) is 15.5. The highest BCUT2D eigenvalue weighted by Gasteiger charge is 2.24. The second-order valence-corrected chi connectivity index (χ2v) is 15.3. The van der Waals surface area contributed by atoms with Gasteiger partial charge in [-0.2, -0.15) is 0 Å². The molecule has 0 atom stereocenters. The van der Waals surface area contributed by atoms with Crippen molar-refractivity contribution in [2.24, 2.45) is 9.98 Å². The summed E-state index contributed by atoms with van der Waals surface area (Å²) in [5.41, 5.74) is 17.1. The highest BCUT2D eigenvalue weighted by molar-refractivity contribution is 6.13. The summed E-state index contributed by atoms with van der Waals surface area (Å²) >= 11 is 0. The van der Waals surface area contributed by atoms with Crippen LogP contribution in [0.4, 0.5) is 0 Å². The van der Waals surface area contributed by atoms with Gasteiger partial charge in [0.1, 0.15) is 0 Å². The van der Waals surface area contributed by atoms with E-state index in [2.05, 4.69) is 197 Å². The van der Waals surface area contributed by atoms with Gasteiger partial charge in [-0.25, -0.2) is 9.98 Å². The van der Waals surface area contributed by atoms with E-state index in [0.29, 0.717) is 11.5 Å². The second-order valence-electron chi connectivity index (χ2n) is 15.3. The third-order valence-electron chi connectivity index (χ3n) is 11.3. The highest BCUT2D eigenvalue weighted by atomic mass is 14.9. The first-order valence-electron chi connectivity index (χ1n) is 19.8. The number of aryl methyl sites for hydroxylation is 1. The zero-order valence-electron chi connectivity index (χ0n) is 32.7. The van der Waals surface area contributed by atoms with Gasteiger partial charge >= 0.3 is 0 Å². The average Bonchev–Trinajstić information content (AvgIpc) is 3.26. The van der Waals surface area contributed by atoms with Crippen molar-refractivity contribution in [3.8, 4) is 33.4 Å². The molecule has 0 saturated carbocycles. The molecule has 0 spiro atoms. The predicted molar refractivity (Wildman–Crippen MR) is 240 cm³/mol. The van der Waals surface area contributed by atoms with E-state index in [0.717, 1.165) is 53.7 Å². The number of allylic oxidation sites excluding steroid dienone is 5. The van der Waals surface area contributed by atoms with Gasteiger partial charge in [0.05, 0.1) is 5.70 Å². The molecule has 0 unspecified atom stereocenters. The van der Waals surface area contributed by atoms with Crippen LogP contribution >= 0.6 is 0 Å². The van der Waals surface area contributed by atoms with E-state index < -0.39 is 0 Å². The van der Waals surface area contributed by atoms with Gasteiger partial charge in [0.15, 0.2) is 5.84 Å². The van der Waals surface area contributed by atoms with Crippen LogP contribution in [0.1, 0.15) is 73.4 Å². The van der Waals surface area contributed by atoms with Gasteiger partial charge in [0, 0.05) is 16.7 Å². The van der Waals surface area contributed by atoms with Crippen LogP contribution in [0.2, 0.25) is 0 Å². The fourth-order valence-electron chi connectivity index (χ4n) is 7.81. The minimum atomic E-state index is -0.216. The summed E-state index contributed by atoms with van der Waals surface area (Å²) in [5, 5.41) is 0. The summed E-state index contributed by atoms with van der Waals surface area (Å²) in [5.74, 6) is 0.655. The van der Waals surface area contributed by atoms with Gasteiger partial charge < -0.3 is 0 Å². The fraction of sp³-hybridized carbons (Fsp3) is 0.148. The molecule has 0 aliphatic heterocycles. The van der Waals surface area contributed by atoms with Crippen molar-refractivity contribution in [1.29, 1.82) is 0 Å². The molecule has 2 aliphatic rings. The maximum Gasteiger partial charge on any atom is 0.160 e. The molecule has 2 nitrogen and oxygen atoms in total. The van der Waals surface area contributed by atoms with E-state index >= 15 is 0 Å². The van der Waals surface area contributed by atoms with Crippen molar-refractivity contribution >= 4 is 23.3 Å². The van der Waals surface area contributed by atoms with Gasteiger partial charge in [-0.1, -0.05) is 190 Å². The predicted octanol–water partition coefficient (Wildman–Crippen LogP) is 14.1. The minimum Gasteiger partial charge on any atom is -0.233 e. The highest BCUT2D eigenvalue weighted by Crippen LogP contribution is 2.36. The summed E-state index contributed by atoms with van der Waals surface area (Å²) in [6, 6.07) is 52.4. The maximum atomic E-state index is 5.12. The second kappa shape index (κ2) is 16.2. The Morgan fingerprint density at radius 1 is 0.554 bits per heavy atom. The Bertz CT molecular complexity index is 2520. The molecular weight excluding hydrogens is 677 g/mol. The Balaban J connectivity index is 1.05. The summed E-state index contributed by atoms with van der Waals surface area (Å²) < 4.78 is 0. The van der Waals surface area contributed by atoms with Crippen LogP contribution in [0.5, 0.6) is 0 Å². The van der Waals surface area contributed by atoms with Crippen molar-refractivity contribution in [3.05, 3.63) is 215 Å². The molecule has 56 heavy (non-hydrogen) atoms. The molecular formula is C54H48N2. The molecule has 0 heterocycles. The Kier molecular flexibility index (Phi) is 10.6. The van der Waals surface area contributed by atoms with Gasteiger partial charge in [-0.15, -0.1) is 0 Å². The average molecular weight is 725 g/mol. The van der Waals surface area contributed by atoms with Crippen LogP contribution in [0.25, 0.3) is 45.2 Å². The van der Waals surface area contributed by atoms with Crippen LogP contribution in [-0.2, 0) is 11.8 Å². The molecule has 2 heteroatoms. The Morgan fingerprint density at radius 3 is 1.89 bits per heavy atom. The molecule has 0 amide bonds. The Hall–Kier alpha value is -6.38. The smallest absolute Gasteiger partial charge is 0.160 e. The van der Waals surface area contributed by atoms with Crippen molar-refractivity contribution in [3.63, 3.8) is 0 Å². The largest absolute Gasteiger partial charge is 0.233 e. The van der Waals surface area contributed by atoms with Gasteiger partial charge in [-0.05, 0) is 105 Å². The zero-order chi connectivity index (χ0) is 38.5. The lowest BCUT2D eigenvalue weighted by molar-refractivity contribution is 0.641. The molecule has 0 fully saturated rings. The van der Waals surface area contributed by atoms with Crippen molar-refractivity contribution in [1.82, 2.24) is 0 Å². The van der Waals surface area contributed by atoms with Crippen molar-refractivity contribution < 1.29 is 0 Å². The number of rotatable bonds is 9. The van der Waals surface area contributed by atoms with E-state index in [1.807, 2.05) is 6.07 Å². The molecule has 8 rings (SSSR count). The number of nitrogens with zero attached hydrogens (tertiary/aromatic N) is 2. The third kappa shape index (κ3) is 7.88. The molecule has 6 aromatic carbocycles. The molecule has 2 aliphatic carbocycles. The van der Waals surface area contributed by atoms with Crippen LogP contribution in [0.15, 0.2) is 192 Å². The van der Waals surface area contributed by atoms with E-state index in [1.54, 1.807) is 0 Å². The van der Waals surface area contributed by atoms with E-state index in [1.165, 1.54) is 50.1 Å². The summed E-state index contributed by atoms with van der Waals surface area (Å²) in [7, 11) is 0. The molecule has 0 bridgehead atoms. The first-order valence-corrected chi connectivity index (χ1v) is 19.8. The van der Waals surface area contributed by atoms with E-state index in [-0.39, 0.29) is 5.41 Å². The third-order valence-corrected chi connectivity index (χ3v) is 11.3. The quantitative estimate of drug-likeness (QED) is 0.105. The maximum absolute atomic E-state index is 5.12.